The van der Waals surface area contributed by atoms with E-state index >= 15 is 0 Å². The Balaban J connectivity index is 1.93. The Labute approximate surface area is 158 Å². The standard InChI is InChI=1S/C22H34N2O2/c1-4-5-6-7-15-20(25)24-21(16(2)3)22(26)23-19-14-10-12-17-11-8-9-13-18(17)19/h8-9,11,13,16,19,21H,4-7,10,12,14-15H2,1-3H3,(H,23,26)(H,24,25). The van der Waals surface area contributed by atoms with Crippen LogP contribution in [0, 0.1) is 5.92 Å². The van der Waals surface area contributed by atoms with Gasteiger partial charge in [0.05, 0.1) is 6.04 Å². The van der Waals surface area contributed by atoms with E-state index < -0.39 is 6.04 Å². The summed E-state index contributed by atoms with van der Waals surface area (Å²) >= 11 is 0. The largest absolute Gasteiger partial charge is 0.347 e. The van der Waals surface area contributed by atoms with Crippen LogP contribution in [0.1, 0.15) is 82.9 Å². The van der Waals surface area contributed by atoms with Crippen LogP contribution in [0.3, 0.4) is 0 Å². The molecule has 2 rings (SSSR count). The minimum absolute atomic E-state index is 0.0148. The molecule has 2 unspecified atom stereocenters. The van der Waals surface area contributed by atoms with Crippen molar-refractivity contribution in [1.29, 1.82) is 0 Å². The van der Waals surface area contributed by atoms with Gasteiger partial charge in [-0.3, -0.25) is 9.59 Å². The Morgan fingerprint density at radius 2 is 1.92 bits per heavy atom. The summed E-state index contributed by atoms with van der Waals surface area (Å²) in [6.07, 6.45) is 7.89. The second kappa shape index (κ2) is 10.3. The number of benzene rings is 1. The van der Waals surface area contributed by atoms with Gasteiger partial charge in [-0.2, -0.15) is 0 Å². The summed E-state index contributed by atoms with van der Waals surface area (Å²) in [6, 6.07) is 7.92. The molecule has 0 fully saturated rings. The van der Waals surface area contributed by atoms with Gasteiger partial charge in [0.15, 0.2) is 0 Å². The maximum atomic E-state index is 12.8. The van der Waals surface area contributed by atoms with E-state index in [1.165, 1.54) is 11.1 Å². The number of rotatable bonds is 9. The number of carbonyl (C=O) groups excluding carboxylic acids is 2. The molecule has 0 aliphatic heterocycles. The van der Waals surface area contributed by atoms with Crippen LogP contribution >= 0.6 is 0 Å². The van der Waals surface area contributed by atoms with Crippen molar-refractivity contribution in [3.8, 4) is 0 Å². The monoisotopic (exact) mass is 358 g/mol. The van der Waals surface area contributed by atoms with Crippen LogP contribution < -0.4 is 10.6 Å². The zero-order chi connectivity index (χ0) is 18.9. The van der Waals surface area contributed by atoms with Crippen LogP contribution in [-0.4, -0.2) is 17.9 Å². The van der Waals surface area contributed by atoms with E-state index in [4.69, 9.17) is 0 Å². The minimum atomic E-state index is -0.470. The van der Waals surface area contributed by atoms with Crippen LogP contribution in [0.4, 0.5) is 0 Å². The molecule has 2 N–H and O–H groups in total. The van der Waals surface area contributed by atoms with Gasteiger partial charge >= 0.3 is 0 Å². The molecule has 2 atom stereocenters. The van der Waals surface area contributed by atoms with E-state index in [0.717, 1.165) is 44.9 Å². The Hall–Kier alpha value is -1.84. The van der Waals surface area contributed by atoms with Crippen LogP contribution in [0.25, 0.3) is 0 Å². The van der Waals surface area contributed by atoms with Crippen LogP contribution in [0.2, 0.25) is 0 Å². The maximum Gasteiger partial charge on any atom is 0.243 e. The molecule has 1 aromatic rings. The number of fused-ring (bicyclic) bond motifs is 1. The Morgan fingerprint density at radius 1 is 1.15 bits per heavy atom. The predicted molar refractivity (Wildman–Crippen MR) is 106 cm³/mol. The SMILES string of the molecule is CCCCCCC(=O)NC(C(=O)NC1CCCc2ccccc21)C(C)C. The Bertz CT molecular complexity index is 598. The van der Waals surface area contributed by atoms with Gasteiger partial charge in [0, 0.05) is 6.42 Å². The molecule has 0 radical (unpaired) electrons. The van der Waals surface area contributed by atoms with Crippen LogP contribution in [0.15, 0.2) is 24.3 Å². The zero-order valence-corrected chi connectivity index (χ0v) is 16.5. The fourth-order valence-electron chi connectivity index (χ4n) is 3.66. The summed E-state index contributed by atoms with van der Waals surface area (Å²) in [7, 11) is 0. The van der Waals surface area contributed by atoms with Gasteiger partial charge in [-0.15, -0.1) is 0 Å². The second-order valence-corrected chi connectivity index (χ2v) is 7.75. The molecule has 0 saturated heterocycles. The molecule has 4 nitrogen and oxygen atoms in total. The highest BCUT2D eigenvalue weighted by atomic mass is 16.2. The van der Waals surface area contributed by atoms with Crippen molar-refractivity contribution < 1.29 is 9.59 Å². The molecule has 1 aliphatic rings. The molecule has 0 aromatic heterocycles. The number of amides is 2. The summed E-state index contributed by atoms with van der Waals surface area (Å²) in [4.78, 5) is 25.1. The van der Waals surface area contributed by atoms with Crippen molar-refractivity contribution in [3.05, 3.63) is 35.4 Å². The molecule has 2 amide bonds. The number of nitrogens with one attached hydrogen (secondary N) is 2. The number of unbranched alkanes of at least 4 members (excludes halogenated alkanes) is 3. The first-order valence-electron chi connectivity index (χ1n) is 10.2. The molecule has 4 heteroatoms. The van der Waals surface area contributed by atoms with Crippen molar-refractivity contribution in [2.24, 2.45) is 5.92 Å². The van der Waals surface area contributed by atoms with E-state index in [-0.39, 0.29) is 23.8 Å². The Kier molecular flexibility index (Phi) is 8.14. The van der Waals surface area contributed by atoms with Gasteiger partial charge in [0.2, 0.25) is 11.8 Å². The molecule has 1 aromatic carbocycles. The smallest absolute Gasteiger partial charge is 0.243 e. The molecular weight excluding hydrogens is 324 g/mol. The first-order chi connectivity index (χ1) is 12.5. The molecule has 1 aliphatic carbocycles. The predicted octanol–water partition coefficient (Wildman–Crippen LogP) is 4.29. The van der Waals surface area contributed by atoms with E-state index in [1.54, 1.807) is 0 Å². The fraction of sp³-hybridized carbons (Fsp3) is 0.636. The highest BCUT2D eigenvalue weighted by molar-refractivity contribution is 5.88. The molecular formula is C22H34N2O2. The van der Waals surface area contributed by atoms with Crippen LogP contribution in [0.5, 0.6) is 0 Å². The summed E-state index contributed by atoms with van der Waals surface area (Å²) in [5.41, 5.74) is 2.55. The van der Waals surface area contributed by atoms with Crippen molar-refractivity contribution in [2.75, 3.05) is 0 Å². The first kappa shape index (κ1) is 20.5. The maximum absolute atomic E-state index is 12.8. The van der Waals surface area contributed by atoms with E-state index in [2.05, 4.69) is 35.8 Å². The summed E-state index contributed by atoms with van der Waals surface area (Å²) in [6.45, 7) is 6.12. The minimum Gasteiger partial charge on any atom is -0.347 e. The zero-order valence-electron chi connectivity index (χ0n) is 16.5. The van der Waals surface area contributed by atoms with E-state index in [0.29, 0.717) is 6.42 Å². The van der Waals surface area contributed by atoms with Gasteiger partial charge in [-0.25, -0.2) is 0 Å². The lowest BCUT2D eigenvalue weighted by atomic mass is 9.87. The molecule has 0 heterocycles. The molecule has 26 heavy (non-hydrogen) atoms. The van der Waals surface area contributed by atoms with Gasteiger partial charge in [-0.1, -0.05) is 64.3 Å². The topological polar surface area (TPSA) is 58.2 Å². The quantitative estimate of drug-likeness (QED) is 0.647. The number of carbonyl (C=O) groups is 2. The van der Waals surface area contributed by atoms with Gasteiger partial charge in [0.1, 0.15) is 6.04 Å². The first-order valence-corrected chi connectivity index (χ1v) is 10.2. The second-order valence-electron chi connectivity index (χ2n) is 7.75. The molecule has 0 bridgehead atoms. The number of hydrogen-bond acceptors (Lipinski definition) is 2. The molecule has 0 spiro atoms. The number of hydrogen-bond donors (Lipinski definition) is 2. The van der Waals surface area contributed by atoms with E-state index in [1.807, 2.05) is 19.9 Å². The third-order valence-electron chi connectivity index (χ3n) is 5.21. The van der Waals surface area contributed by atoms with Crippen molar-refractivity contribution >= 4 is 11.8 Å². The Morgan fingerprint density at radius 3 is 2.65 bits per heavy atom. The average molecular weight is 359 g/mol. The lowest BCUT2D eigenvalue weighted by Crippen LogP contribution is -2.50. The molecule has 144 valence electrons. The summed E-state index contributed by atoms with van der Waals surface area (Å²) in [5.74, 6) is -0.0176. The summed E-state index contributed by atoms with van der Waals surface area (Å²) in [5, 5.41) is 6.14. The number of aryl methyl sites for hydroxylation is 1. The third kappa shape index (κ3) is 5.86. The lowest BCUT2D eigenvalue weighted by Gasteiger charge is -2.29. The highest BCUT2D eigenvalue weighted by Crippen LogP contribution is 2.29. The fourth-order valence-corrected chi connectivity index (χ4v) is 3.66. The average Bonchev–Trinajstić information content (AvgIpc) is 2.63. The van der Waals surface area contributed by atoms with E-state index in [9.17, 15) is 9.59 Å². The van der Waals surface area contributed by atoms with Gasteiger partial charge in [0.25, 0.3) is 0 Å². The van der Waals surface area contributed by atoms with Gasteiger partial charge < -0.3 is 10.6 Å². The highest BCUT2D eigenvalue weighted by Gasteiger charge is 2.28. The van der Waals surface area contributed by atoms with Gasteiger partial charge in [-0.05, 0) is 42.7 Å². The lowest BCUT2D eigenvalue weighted by molar-refractivity contribution is -0.130. The summed E-state index contributed by atoms with van der Waals surface area (Å²) < 4.78 is 0. The normalized spacial score (nSPS) is 17.5. The van der Waals surface area contributed by atoms with Crippen molar-refractivity contribution in [1.82, 2.24) is 10.6 Å². The van der Waals surface area contributed by atoms with Crippen LogP contribution in [-0.2, 0) is 16.0 Å². The van der Waals surface area contributed by atoms with Crippen molar-refractivity contribution in [3.63, 3.8) is 0 Å². The third-order valence-corrected chi connectivity index (χ3v) is 5.21. The molecule has 0 saturated carbocycles. The van der Waals surface area contributed by atoms with Crippen molar-refractivity contribution in [2.45, 2.75) is 84.2 Å².